The summed E-state index contributed by atoms with van der Waals surface area (Å²) < 4.78 is 0. The second-order valence-corrected chi connectivity index (χ2v) is 7.15. The molecule has 0 bridgehead atoms. The Bertz CT molecular complexity index is 180. The third-order valence-electron chi connectivity index (χ3n) is 3.54. The molecule has 0 aromatic rings. The Labute approximate surface area is 110 Å². The van der Waals surface area contributed by atoms with Gasteiger partial charge in [-0.25, -0.2) is 0 Å². The van der Waals surface area contributed by atoms with Gasteiger partial charge >= 0.3 is 0 Å². The molecule has 0 amide bonds. The quantitative estimate of drug-likeness (QED) is 0.560. The normalized spacial score (nSPS) is 15.9. The molecule has 0 radical (unpaired) electrons. The molecule has 0 fully saturated rings. The van der Waals surface area contributed by atoms with Crippen LogP contribution in [0.3, 0.4) is 0 Å². The molecular formula is C16H35N. The molecule has 0 aromatic heterocycles. The largest absolute Gasteiger partial charge is 0.316 e. The second-order valence-electron chi connectivity index (χ2n) is 7.15. The number of hydrogen-bond acceptors (Lipinski definition) is 1. The van der Waals surface area contributed by atoms with Crippen molar-refractivity contribution >= 4 is 0 Å². The van der Waals surface area contributed by atoms with Gasteiger partial charge in [-0.3, -0.25) is 0 Å². The Morgan fingerprint density at radius 1 is 0.824 bits per heavy atom. The van der Waals surface area contributed by atoms with E-state index in [0.717, 1.165) is 0 Å². The van der Waals surface area contributed by atoms with Gasteiger partial charge in [-0.1, -0.05) is 54.4 Å². The molecule has 0 rings (SSSR count). The van der Waals surface area contributed by atoms with Crippen LogP contribution in [0.5, 0.6) is 0 Å². The summed E-state index contributed by atoms with van der Waals surface area (Å²) in [6.07, 6.45) is 7.99. The molecule has 1 heteroatoms. The average Bonchev–Trinajstić information content (AvgIpc) is 2.16. The first-order valence-electron chi connectivity index (χ1n) is 7.54. The van der Waals surface area contributed by atoms with Gasteiger partial charge in [0.25, 0.3) is 0 Å². The SMILES string of the molecule is CCCNCC(C)(CCC)CCCC(C)(C)C. The Hall–Kier alpha value is -0.0400. The van der Waals surface area contributed by atoms with Gasteiger partial charge in [-0.05, 0) is 43.1 Å². The van der Waals surface area contributed by atoms with Gasteiger partial charge in [-0.2, -0.15) is 0 Å². The topological polar surface area (TPSA) is 12.0 Å². The molecule has 1 atom stereocenters. The van der Waals surface area contributed by atoms with E-state index in [1.165, 1.54) is 51.6 Å². The summed E-state index contributed by atoms with van der Waals surface area (Å²) in [6.45, 7) is 16.4. The highest BCUT2D eigenvalue weighted by atomic mass is 14.9. The Morgan fingerprint density at radius 3 is 1.94 bits per heavy atom. The van der Waals surface area contributed by atoms with E-state index in [-0.39, 0.29) is 0 Å². The van der Waals surface area contributed by atoms with Crippen molar-refractivity contribution in [2.75, 3.05) is 13.1 Å². The standard InChI is InChI=1S/C16H35N/c1-7-10-16(6,14-17-13-8-2)12-9-11-15(3,4)5/h17H,7-14H2,1-6H3. The summed E-state index contributed by atoms with van der Waals surface area (Å²) in [5.74, 6) is 0. The monoisotopic (exact) mass is 241 g/mol. The lowest BCUT2D eigenvalue weighted by molar-refractivity contribution is 0.230. The molecule has 0 spiro atoms. The van der Waals surface area contributed by atoms with E-state index in [2.05, 4.69) is 46.9 Å². The van der Waals surface area contributed by atoms with Gasteiger partial charge in [0.2, 0.25) is 0 Å². The highest BCUT2D eigenvalue weighted by Gasteiger charge is 2.23. The van der Waals surface area contributed by atoms with Gasteiger partial charge in [0.1, 0.15) is 0 Å². The van der Waals surface area contributed by atoms with E-state index in [1.54, 1.807) is 0 Å². The zero-order valence-electron chi connectivity index (χ0n) is 13.2. The van der Waals surface area contributed by atoms with Crippen LogP contribution in [0.15, 0.2) is 0 Å². The minimum absolute atomic E-state index is 0.490. The van der Waals surface area contributed by atoms with Crippen LogP contribution < -0.4 is 5.32 Å². The fraction of sp³-hybridized carbons (Fsp3) is 1.00. The van der Waals surface area contributed by atoms with Crippen molar-refractivity contribution in [2.45, 2.75) is 80.1 Å². The smallest absolute Gasteiger partial charge is 0.000516 e. The van der Waals surface area contributed by atoms with Crippen LogP contribution in [-0.2, 0) is 0 Å². The summed E-state index contributed by atoms with van der Waals surface area (Å²) in [5, 5.41) is 3.61. The van der Waals surface area contributed by atoms with Gasteiger partial charge in [0.05, 0.1) is 0 Å². The molecule has 0 heterocycles. The van der Waals surface area contributed by atoms with Crippen molar-refractivity contribution < 1.29 is 0 Å². The van der Waals surface area contributed by atoms with E-state index in [9.17, 15) is 0 Å². The molecule has 1 N–H and O–H groups in total. The van der Waals surface area contributed by atoms with Crippen LogP contribution >= 0.6 is 0 Å². The lowest BCUT2D eigenvalue weighted by Gasteiger charge is -2.31. The van der Waals surface area contributed by atoms with Crippen molar-refractivity contribution in [1.29, 1.82) is 0 Å². The van der Waals surface area contributed by atoms with Gasteiger partial charge in [0.15, 0.2) is 0 Å². The Kier molecular flexibility index (Phi) is 8.11. The van der Waals surface area contributed by atoms with E-state index in [1.807, 2.05) is 0 Å². The van der Waals surface area contributed by atoms with Gasteiger partial charge in [0, 0.05) is 6.54 Å². The fourth-order valence-corrected chi connectivity index (χ4v) is 2.52. The summed E-state index contributed by atoms with van der Waals surface area (Å²) in [7, 11) is 0. The van der Waals surface area contributed by atoms with Crippen molar-refractivity contribution in [3.05, 3.63) is 0 Å². The van der Waals surface area contributed by atoms with Gasteiger partial charge < -0.3 is 5.32 Å². The molecule has 0 aromatic carbocycles. The van der Waals surface area contributed by atoms with E-state index in [4.69, 9.17) is 0 Å². The number of hydrogen-bond donors (Lipinski definition) is 1. The maximum Gasteiger partial charge on any atom is 0.000516 e. The predicted molar refractivity (Wildman–Crippen MR) is 79.5 cm³/mol. The minimum atomic E-state index is 0.490. The van der Waals surface area contributed by atoms with Crippen molar-refractivity contribution in [3.8, 4) is 0 Å². The summed E-state index contributed by atoms with van der Waals surface area (Å²) in [5.41, 5.74) is 0.999. The number of rotatable bonds is 9. The lowest BCUT2D eigenvalue weighted by atomic mass is 9.78. The molecule has 0 aliphatic carbocycles. The van der Waals surface area contributed by atoms with E-state index in [0.29, 0.717) is 10.8 Å². The highest BCUT2D eigenvalue weighted by Crippen LogP contribution is 2.32. The van der Waals surface area contributed by atoms with Crippen LogP contribution in [0, 0.1) is 10.8 Å². The van der Waals surface area contributed by atoms with Crippen molar-refractivity contribution in [2.24, 2.45) is 10.8 Å². The number of nitrogens with one attached hydrogen (secondary N) is 1. The van der Waals surface area contributed by atoms with Crippen LogP contribution in [0.1, 0.15) is 80.1 Å². The first-order chi connectivity index (χ1) is 7.83. The molecule has 0 aliphatic heterocycles. The molecule has 0 saturated heterocycles. The van der Waals surface area contributed by atoms with E-state index >= 15 is 0 Å². The Balaban J connectivity index is 4.02. The van der Waals surface area contributed by atoms with Crippen molar-refractivity contribution in [1.82, 2.24) is 5.32 Å². The maximum absolute atomic E-state index is 3.61. The zero-order chi connectivity index (χ0) is 13.4. The minimum Gasteiger partial charge on any atom is -0.316 e. The molecule has 17 heavy (non-hydrogen) atoms. The molecule has 104 valence electrons. The predicted octanol–water partition coefficient (Wildman–Crippen LogP) is 5.01. The fourth-order valence-electron chi connectivity index (χ4n) is 2.52. The van der Waals surface area contributed by atoms with Crippen molar-refractivity contribution in [3.63, 3.8) is 0 Å². The van der Waals surface area contributed by atoms with E-state index < -0.39 is 0 Å². The first kappa shape index (κ1) is 17.0. The third-order valence-corrected chi connectivity index (χ3v) is 3.54. The lowest BCUT2D eigenvalue weighted by Crippen LogP contribution is -2.32. The highest BCUT2D eigenvalue weighted by molar-refractivity contribution is 4.77. The molecular weight excluding hydrogens is 206 g/mol. The van der Waals surface area contributed by atoms with Crippen LogP contribution in [-0.4, -0.2) is 13.1 Å². The first-order valence-corrected chi connectivity index (χ1v) is 7.54. The molecule has 1 nitrogen and oxygen atoms in total. The summed E-state index contributed by atoms with van der Waals surface area (Å²) in [6, 6.07) is 0. The average molecular weight is 241 g/mol. The third kappa shape index (κ3) is 9.64. The maximum atomic E-state index is 3.61. The molecule has 0 aliphatic rings. The van der Waals surface area contributed by atoms with Gasteiger partial charge in [-0.15, -0.1) is 0 Å². The van der Waals surface area contributed by atoms with Crippen LogP contribution in [0.25, 0.3) is 0 Å². The zero-order valence-corrected chi connectivity index (χ0v) is 13.2. The second kappa shape index (κ2) is 8.13. The molecule has 1 unspecified atom stereocenters. The van der Waals surface area contributed by atoms with Crippen LogP contribution in [0.2, 0.25) is 0 Å². The summed E-state index contributed by atoms with van der Waals surface area (Å²) >= 11 is 0. The van der Waals surface area contributed by atoms with Crippen LogP contribution in [0.4, 0.5) is 0 Å². The molecule has 0 saturated carbocycles. The Morgan fingerprint density at radius 2 is 1.47 bits per heavy atom. The summed E-state index contributed by atoms with van der Waals surface area (Å²) in [4.78, 5) is 0.